The van der Waals surface area contributed by atoms with Crippen LogP contribution in [0.15, 0.2) is 24.3 Å². The van der Waals surface area contributed by atoms with Crippen LogP contribution in [0.5, 0.6) is 5.75 Å². The van der Waals surface area contributed by atoms with Crippen LogP contribution >= 0.6 is 11.6 Å². The number of carbonyl (C=O) groups is 2. The summed E-state index contributed by atoms with van der Waals surface area (Å²) in [6, 6.07) is 7.00. The van der Waals surface area contributed by atoms with E-state index in [2.05, 4.69) is 20.6 Å². The van der Waals surface area contributed by atoms with E-state index < -0.39 is 36.5 Å². The lowest BCUT2D eigenvalue weighted by atomic mass is 10.0. The fraction of sp³-hybridized carbons (Fsp3) is 0.409. The zero-order chi connectivity index (χ0) is 27.1. The molecule has 200 valence electrons. The molecule has 2 heterocycles. The van der Waals surface area contributed by atoms with E-state index in [0.717, 1.165) is 18.4 Å². The van der Waals surface area contributed by atoms with E-state index in [9.17, 15) is 19.8 Å². The second kappa shape index (κ2) is 12.5. The predicted octanol–water partition coefficient (Wildman–Crippen LogP) is -0.128. The van der Waals surface area contributed by atoms with Gasteiger partial charge in [0.1, 0.15) is 11.9 Å². The Kier molecular flexibility index (Phi) is 9.41. The molecule has 1 aromatic carbocycles. The fourth-order valence-electron chi connectivity index (χ4n) is 3.50. The highest BCUT2D eigenvalue weighted by Crippen LogP contribution is 2.24. The van der Waals surface area contributed by atoms with Crippen LogP contribution in [-0.4, -0.2) is 74.3 Å². The number of hydrogen-bond acceptors (Lipinski definition) is 11. The summed E-state index contributed by atoms with van der Waals surface area (Å²) in [5, 5.41) is 41.6. The number of ether oxygens (including phenoxy) is 2. The molecular weight excluding hydrogens is 510 g/mol. The maximum Gasteiger partial charge on any atom is 0.335 e. The number of anilines is 2. The number of guanidine groups is 1. The number of benzene rings is 1. The number of amides is 1. The Morgan fingerprint density at radius 2 is 1.84 bits per heavy atom. The quantitative estimate of drug-likeness (QED) is 0.118. The summed E-state index contributed by atoms with van der Waals surface area (Å²) in [4.78, 5) is 30.9. The number of aliphatic hydroxyl groups is 2. The standard InChI is InChI=1S/C22H28ClN7O7/c23-16-18(25)29-17(24)14(28-16)19(33)30-22(26)27-8-2-1-3-10-4-6-11(7-5-10)36-21-13(32)9-12(31)15(37-21)20(34)35/h4-7,12-13,15,21,31-32H,1-3,8-9H2,(H,34,35)(H4,24,25,29)(H3,26,27,30,33)/t12-,13+,15?,21?/m0/s1. The lowest BCUT2D eigenvalue weighted by molar-refractivity contribution is -0.237. The van der Waals surface area contributed by atoms with Crippen molar-refractivity contribution < 1.29 is 34.4 Å². The molecule has 0 radical (unpaired) electrons. The summed E-state index contributed by atoms with van der Waals surface area (Å²) in [6.45, 7) is 0.428. The Morgan fingerprint density at radius 1 is 1.14 bits per heavy atom. The van der Waals surface area contributed by atoms with Crippen molar-refractivity contribution >= 4 is 41.1 Å². The smallest absolute Gasteiger partial charge is 0.335 e. The maximum absolute atomic E-state index is 12.2. The van der Waals surface area contributed by atoms with Gasteiger partial charge in [-0.2, -0.15) is 0 Å². The highest BCUT2D eigenvalue weighted by molar-refractivity contribution is 6.31. The van der Waals surface area contributed by atoms with Crippen molar-refractivity contribution in [2.24, 2.45) is 0 Å². The van der Waals surface area contributed by atoms with E-state index >= 15 is 0 Å². The van der Waals surface area contributed by atoms with E-state index in [0.29, 0.717) is 18.7 Å². The normalized spacial score (nSPS) is 21.2. The number of aryl methyl sites for hydroxylation is 1. The molecule has 1 aliphatic heterocycles. The van der Waals surface area contributed by atoms with Gasteiger partial charge in [-0.1, -0.05) is 23.7 Å². The van der Waals surface area contributed by atoms with E-state index in [1.165, 1.54) is 0 Å². The van der Waals surface area contributed by atoms with Gasteiger partial charge in [-0.3, -0.25) is 15.5 Å². The molecule has 10 N–H and O–H groups in total. The van der Waals surface area contributed by atoms with Crippen molar-refractivity contribution in [1.29, 1.82) is 5.41 Å². The minimum atomic E-state index is -1.47. The van der Waals surface area contributed by atoms with E-state index in [1.54, 1.807) is 12.1 Å². The molecule has 2 unspecified atom stereocenters. The second-order valence-electron chi connectivity index (χ2n) is 8.24. The second-order valence-corrected chi connectivity index (χ2v) is 8.60. The molecule has 3 rings (SSSR count). The van der Waals surface area contributed by atoms with Crippen molar-refractivity contribution in [3.8, 4) is 5.75 Å². The number of halogens is 1. The van der Waals surface area contributed by atoms with Crippen LogP contribution in [0.3, 0.4) is 0 Å². The van der Waals surface area contributed by atoms with Crippen LogP contribution in [0.1, 0.15) is 35.3 Å². The number of rotatable bonds is 9. The molecule has 4 atom stereocenters. The predicted molar refractivity (Wildman–Crippen MR) is 132 cm³/mol. The number of carbonyl (C=O) groups excluding carboxylic acids is 1. The minimum absolute atomic E-state index is 0.0993. The van der Waals surface area contributed by atoms with Crippen molar-refractivity contribution in [3.05, 3.63) is 40.7 Å². The number of aliphatic hydroxyl groups excluding tert-OH is 2. The Labute approximate surface area is 216 Å². The first-order valence-corrected chi connectivity index (χ1v) is 11.6. The summed E-state index contributed by atoms with van der Waals surface area (Å²) in [7, 11) is 0. The molecule has 0 aliphatic carbocycles. The number of carboxylic acid groups (broad SMARTS) is 1. The molecule has 1 saturated heterocycles. The lowest BCUT2D eigenvalue weighted by Gasteiger charge is -2.34. The van der Waals surface area contributed by atoms with Gasteiger partial charge in [-0.25, -0.2) is 14.8 Å². The van der Waals surface area contributed by atoms with Crippen LogP contribution in [0.2, 0.25) is 5.15 Å². The van der Waals surface area contributed by atoms with Crippen LogP contribution in [-0.2, 0) is 16.0 Å². The van der Waals surface area contributed by atoms with Gasteiger partial charge in [0, 0.05) is 13.0 Å². The van der Waals surface area contributed by atoms with Crippen molar-refractivity contribution in [2.45, 2.75) is 50.3 Å². The first-order chi connectivity index (χ1) is 17.5. The number of carboxylic acids is 1. The third-order valence-electron chi connectivity index (χ3n) is 5.40. The number of unbranched alkanes of at least 4 members (excludes halogenated alkanes) is 1. The van der Waals surface area contributed by atoms with E-state index in [4.69, 9.17) is 43.1 Å². The fourth-order valence-corrected chi connectivity index (χ4v) is 3.63. The first kappa shape index (κ1) is 27.9. The van der Waals surface area contributed by atoms with Gasteiger partial charge in [0.2, 0.25) is 6.29 Å². The van der Waals surface area contributed by atoms with Gasteiger partial charge in [0.05, 0.1) is 6.10 Å². The van der Waals surface area contributed by atoms with Crippen LogP contribution in [0.25, 0.3) is 0 Å². The number of aromatic nitrogens is 2. The van der Waals surface area contributed by atoms with Gasteiger partial charge in [0.15, 0.2) is 34.5 Å². The number of nitrogens with one attached hydrogen (secondary N) is 3. The molecule has 1 aromatic heterocycles. The Hall–Kier alpha value is -3.72. The summed E-state index contributed by atoms with van der Waals surface area (Å²) >= 11 is 5.76. The van der Waals surface area contributed by atoms with E-state index in [-0.39, 0.29) is 34.9 Å². The van der Waals surface area contributed by atoms with Crippen molar-refractivity contribution in [2.75, 3.05) is 18.0 Å². The maximum atomic E-state index is 12.2. The lowest BCUT2D eigenvalue weighted by Crippen LogP contribution is -2.52. The minimum Gasteiger partial charge on any atom is -0.479 e. The third-order valence-corrected chi connectivity index (χ3v) is 5.68. The molecule has 14 nitrogen and oxygen atoms in total. The van der Waals surface area contributed by atoms with Gasteiger partial charge < -0.3 is 41.6 Å². The third kappa shape index (κ3) is 7.63. The summed E-state index contributed by atoms with van der Waals surface area (Å²) < 4.78 is 10.7. The molecule has 1 amide bonds. The molecule has 2 aromatic rings. The average Bonchev–Trinajstić information content (AvgIpc) is 2.83. The monoisotopic (exact) mass is 537 g/mol. The SMILES string of the molecule is N=C(NCCCCc1ccc(OC2OC(C(=O)O)[C@@H](O)C[C@H]2O)cc1)NC(=O)c1nc(Cl)c(N)nc1N. The molecule has 15 heteroatoms. The van der Waals surface area contributed by atoms with Gasteiger partial charge in [-0.15, -0.1) is 0 Å². The number of nitrogens with zero attached hydrogens (tertiary/aromatic N) is 2. The molecule has 37 heavy (non-hydrogen) atoms. The first-order valence-electron chi connectivity index (χ1n) is 11.3. The van der Waals surface area contributed by atoms with Gasteiger partial charge in [-0.05, 0) is 37.0 Å². The Morgan fingerprint density at radius 3 is 2.51 bits per heavy atom. The molecule has 0 spiro atoms. The zero-order valence-electron chi connectivity index (χ0n) is 19.6. The summed E-state index contributed by atoms with van der Waals surface area (Å²) in [5.41, 5.74) is 11.9. The van der Waals surface area contributed by atoms with Gasteiger partial charge in [0.25, 0.3) is 5.91 Å². The highest BCUT2D eigenvalue weighted by Gasteiger charge is 2.41. The van der Waals surface area contributed by atoms with Crippen molar-refractivity contribution in [3.63, 3.8) is 0 Å². The molecular formula is C22H28ClN7O7. The summed E-state index contributed by atoms with van der Waals surface area (Å²) in [6.07, 6.45) is -3.14. The van der Waals surface area contributed by atoms with Crippen LogP contribution in [0.4, 0.5) is 11.6 Å². The topological polar surface area (TPSA) is 239 Å². The van der Waals surface area contributed by atoms with Crippen LogP contribution in [0, 0.1) is 5.41 Å². The van der Waals surface area contributed by atoms with Crippen molar-refractivity contribution in [1.82, 2.24) is 20.6 Å². The van der Waals surface area contributed by atoms with Crippen LogP contribution < -0.4 is 26.8 Å². The number of hydrogen-bond donors (Lipinski definition) is 8. The average molecular weight is 538 g/mol. The zero-order valence-corrected chi connectivity index (χ0v) is 20.3. The molecule has 0 bridgehead atoms. The Balaban J connectivity index is 1.37. The van der Waals surface area contributed by atoms with Gasteiger partial charge >= 0.3 is 5.97 Å². The molecule has 0 saturated carbocycles. The number of nitrogen functional groups attached to an aromatic ring is 2. The highest BCUT2D eigenvalue weighted by atomic mass is 35.5. The number of aliphatic carboxylic acids is 1. The molecule has 1 fully saturated rings. The number of nitrogens with two attached hydrogens (primary N) is 2. The summed E-state index contributed by atoms with van der Waals surface area (Å²) in [5.74, 6) is -2.22. The van der Waals surface area contributed by atoms with E-state index in [1.807, 2.05) is 12.1 Å². The molecule has 1 aliphatic rings. The Bertz CT molecular complexity index is 1140. The largest absolute Gasteiger partial charge is 0.479 e.